The summed E-state index contributed by atoms with van der Waals surface area (Å²) in [6.07, 6.45) is 3.51. The summed E-state index contributed by atoms with van der Waals surface area (Å²) < 4.78 is 6.61. The van der Waals surface area contributed by atoms with Crippen molar-refractivity contribution in [1.82, 2.24) is 9.38 Å². The molecule has 0 saturated heterocycles. The lowest BCUT2D eigenvalue weighted by Crippen LogP contribution is -2.01. The third-order valence-corrected chi connectivity index (χ3v) is 3.27. The number of aromatic nitrogens is 2. The molecule has 0 bridgehead atoms. The van der Waals surface area contributed by atoms with Crippen molar-refractivity contribution in [2.75, 3.05) is 7.11 Å². The molecule has 0 radical (unpaired) electrons. The number of ether oxygens (including phenoxy) is 1. The smallest absolute Gasteiger partial charge is 0.337 e. The van der Waals surface area contributed by atoms with Gasteiger partial charge in [0.1, 0.15) is 5.82 Å². The van der Waals surface area contributed by atoms with E-state index in [1.54, 1.807) is 24.5 Å². The highest BCUT2D eigenvalue weighted by Crippen LogP contribution is 2.23. The predicted molar refractivity (Wildman–Crippen MR) is 77.0 cm³/mol. The molecule has 0 saturated carbocycles. The van der Waals surface area contributed by atoms with Crippen molar-refractivity contribution >= 4 is 23.1 Å². The minimum atomic E-state index is -0.363. The molecule has 2 aromatic heterocycles. The fourth-order valence-corrected chi connectivity index (χ4v) is 2.28. The molecule has 3 rings (SSSR count). The van der Waals surface area contributed by atoms with Crippen LogP contribution >= 0.6 is 11.6 Å². The molecule has 0 spiro atoms. The predicted octanol–water partition coefficient (Wildman–Crippen LogP) is 3.44. The number of esters is 1. The van der Waals surface area contributed by atoms with E-state index in [9.17, 15) is 4.79 Å². The van der Waals surface area contributed by atoms with Crippen molar-refractivity contribution in [3.05, 3.63) is 59.4 Å². The summed E-state index contributed by atoms with van der Waals surface area (Å²) in [6.45, 7) is 0. The van der Waals surface area contributed by atoms with Gasteiger partial charge in [0.2, 0.25) is 0 Å². The van der Waals surface area contributed by atoms with Crippen LogP contribution in [0.3, 0.4) is 0 Å². The molecule has 0 unspecified atom stereocenters. The molecule has 2 heterocycles. The van der Waals surface area contributed by atoms with Crippen molar-refractivity contribution in [1.29, 1.82) is 0 Å². The zero-order valence-corrected chi connectivity index (χ0v) is 11.5. The minimum Gasteiger partial charge on any atom is -0.465 e. The Kier molecular flexibility index (Phi) is 3.16. The lowest BCUT2D eigenvalue weighted by molar-refractivity contribution is 0.0601. The number of hydrogen-bond donors (Lipinski definition) is 0. The monoisotopic (exact) mass is 286 g/mol. The van der Waals surface area contributed by atoms with Crippen LogP contribution in [0.2, 0.25) is 5.02 Å². The van der Waals surface area contributed by atoms with Crippen molar-refractivity contribution in [3.63, 3.8) is 0 Å². The quantitative estimate of drug-likeness (QED) is 0.678. The second-order valence-electron chi connectivity index (χ2n) is 4.29. The summed E-state index contributed by atoms with van der Waals surface area (Å²) in [5.74, 6) is 0.414. The van der Waals surface area contributed by atoms with Crippen molar-refractivity contribution < 1.29 is 9.53 Å². The summed E-state index contributed by atoms with van der Waals surface area (Å²) in [7, 11) is 1.36. The fourth-order valence-electron chi connectivity index (χ4n) is 2.09. The number of pyridine rings is 1. The second kappa shape index (κ2) is 4.98. The Balaban J connectivity index is 2.13. The van der Waals surface area contributed by atoms with Gasteiger partial charge in [0.25, 0.3) is 0 Å². The van der Waals surface area contributed by atoms with Crippen LogP contribution in [0.25, 0.3) is 16.9 Å². The number of rotatable bonds is 2. The van der Waals surface area contributed by atoms with Crippen LogP contribution in [0.5, 0.6) is 0 Å². The Bertz CT molecular complexity index is 795. The normalized spacial score (nSPS) is 10.7. The maximum absolute atomic E-state index is 11.5. The number of methoxy groups -OCH3 is 1. The van der Waals surface area contributed by atoms with Gasteiger partial charge in [-0.15, -0.1) is 0 Å². The molecule has 5 heteroatoms. The molecular weight excluding hydrogens is 276 g/mol. The number of hydrogen-bond acceptors (Lipinski definition) is 3. The van der Waals surface area contributed by atoms with E-state index < -0.39 is 0 Å². The Hall–Kier alpha value is -2.33. The van der Waals surface area contributed by atoms with E-state index in [0.717, 1.165) is 16.9 Å². The first-order chi connectivity index (χ1) is 9.69. The van der Waals surface area contributed by atoms with Gasteiger partial charge in [-0.3, -0.25) is 4.40 Å². The van der Waals surface area contributed by atoms with E-state index in [1.165, 1.54) is 7.11 Å². The molecule has 20 heavy (non-hydrogen) atoms. The van der Waals surface area contributed by atoms with Gasteiger partial charge in [0.15, 0.2) is 0 Å². The van der Waals surface area contributed by atoms with E-state index in [1.807, 2.05) is 28.7 Å². The molecular formula is C15H11ClN2O2. The van der Waals surface area contributed by atoms with Crippen LogP contribution in [-0.2, 0) is 4.74 Å². The Morgan fingerprint density at radius 2 is 2.15 bits per heavy atom. The zero-order valence-electron chi connectivity index (χ0n) is 10.7. The number of carbonyl (C=O) groups excluding carboxylic acids is 1. The van der Waals surface area contributed by atoms with Gasteiger partial charge in [-0.25, -0.2) is 9.78 Å². The van der Waals surface area contributed by atoms with Crippen LogP contribution in [-0.4, -0.2) is 22.5 Å². The summed E-state index contributed by atoms with van der Waals surface area (Å²) in [6, 6.07) is 10.9. The van der Waals surface area contributed by atoms with Crippen LogP contribution in [0.4, 0.5) is 0 Å². The highest BCUT2D eigenvalue weighted by Gasteiger charge is 2.10. The second-order valence-corrected chi connectivity index (χ2v) is 4.73. The minimum absolute atomic E-state index is 0.363. The number of imidazole rings is 1. The fraction of sp³-hybridized carbons (Fsp3) is 0.0667. The van der Waals surface area contributed by atoms with Gasteiger partial charge in [-0.05, 0) is 24.3 Å². The van der Waals surface area contributed by atoms with Crippen LogP contribution in [0, 0.1) is 0 Å². The molecule has 4 nitrogen and oxygen atoms in total. The number of halogens is 1. The standard InChI is InChI=1S/C15H11ClN2O2/c1-20-15(19)11-5-6-18-13(8-11)9-17-14(18)10-3-2-4-12(16)7-10/h2-9H,1H3. The summed E-state index contributed by atoms with van der Waals surface area (Å²) in [5.41, 5.74) is 2.24. The first kappa shape index (κ1) is 12.7. The van der Waals surface area contributed by atoms with Crippen LogP contribution in [0.15, 0.2) is 48.8 Å². The van der Waals surface area contributed by atoms with Crippen molar-refractivity contribution in [2.24, 2.45) is 0 Å². The van der Waals surface area contributed by atoms with Gasteiger partial charge in [0.05, 0.1) is 24.4 Å². The molecule has 0 amide bonds. The Morgan fingerprint density at radius 3 is 2.90 bits per heavy atom. The SMILES string of the molecule is COC(=O)c1ccn2c(-c3cccc(Cl)c3)ncc2c1. The van der Waals surface area contributed by atoms with Gasteiger partial charge < -0.3 is 4.74 Å². The first-order valence-electron chi connectivity index (χ1n) is 6.00. The lowest BCUT2D eigenvalue weighted by Gasteiger charge is -2.04. The molecule has 1 aromatic carbocycles. The van der Waals surface area contributed by atoms with E-state index in [4.69, 9.17) is 16.3 Å². The average molecular weight is 287 g/mol. The zero-order chi connectivity index (χ0) is 14.1. The average Bonchev–Trinajstić information content (AvgIpc) is 2.89. The van der Waals surface area contributed by atoms with Crippen LogP contribution < -0.4 is 0 Å². The largest absolute Gasteiger partial charge is 0.465 e. The lowest BCUT2D eigenvalue weighted by atomic mass is 10.2. The van der Waals surface area contributed by atoms with Gasteiger partial charge >= 0.3 is 5.97 Å². The highest BCUT2D eigenvalue weighted by atomic mass is 35.5. The maximum atomic E-state index is 11.5. The van der Waals surface area contributed by atoms with Crippen molar-refractivity contribution in [2.45, 2.75) is 0 Å². The molecule has 0 N–H and O–H groups in total. The topological polar surface area (TPSA) is 43.6 Å². The number of nitrogens with zero attached hydrogens (tertiary/aromatic N) is 2. The van der Waals surface area contributed by atoms with Gasteiger partial charge in [-0.1, -0.05) is 23.7 Å². The van der Waals surface area contributed by atoms with Crippen LogP contribution in [0.1, 0.15) is 10.4 Å². The molecule has 0 aliphatic heterocycles. The molecule has 3 aromatic rings. The molecule has 100 valence electrons. The van der Waals surface area contributed by atoms with Gasteiger partial charge in [0, 0.05) is 16.8 Å². The molecule has 0 aliphatic carbocycles. The Labute approximate surface area is 120 Å². The molecule has 0 fully saturated rings. The number of fused-ring (bicyclic) bond motifs is 1. The number of carbonyl (C=O) groups is 1. The molecule has 0 atom stereocenters. The summed E-state index contributed by atoms with van der Waals surface area (Å²) in [5, 5.41) is 0.658. The highest BCUT2D eigenvalue weighted by molar-refractivity contribution is 6.30. The third kappa shape index (κ3) is 2.14. The van der Waals surface area contributed by atoms with E-state index in [0.29, 0.717) is 10.6 Å². The summed E-state index contributed by atoms with van der Waals surface area (Å²) in [4.78, 5) is 15.9. The first-order valence-corrected chi connectivity index (χ1v) is 6.38. The summed E-state index contributed by atoms with van der Waals surface area (Å²) >= 11 is 6.00. The Morgan fingerprint density at radius 1 is 1.30 bits per heavy atom. The van der Waals surface area contributed by atoms with Gasteiger partial charge in [-0.2, -0.15) is 0 Å². The number of benzene rings is 1. The van der Waals surface area contributed by atoms with E-state index >= 15 is 0 Å². The molecule has 0 aliphatic rings. The van der Waals surface area contributed by atoms with E-state index in [2.05, 4.69) is 4.98 Å². The maximum Gasteiger partial charge on any atom is 0.337 e. The van der Waals surface area contributed by atoms with Crippen molar-refractivity contribution in [3.8, 4) is 11.4 Å². The van der Waals surface area contributed by atoms with E-state index in [-0.39, 0.29) is 5.97 Å². The third-order valence-electron chi connectivity index (χ3n) is 3.04.